The number of ether oxygens (including phenoxy) is 1. The molecule has 30 heavy (non-hydrogen) atoms. The summed E-state index contributed by atoms with van der Waals surface area (Å²) in [7, 11) is 0. The largest absolute Gasteiger partial charge is 0.494 e. The van der Waals surface area contributed by atoms with E-state index in [1.54, 1.807) is 23.1 Å². The second-order valence-corrected chi connectivity index (χ2v) is 6.97. The number of hydrogen-bond acceptors (Lipinski definition) is 4. The molecule has 0 saturated carbocycles. The van der Waals surface area contributed by atoms with Crippen LogP contribution in [0.2, 0.25) is 0 Å². The van der Waals surface area contributed by atoms with Crippen molar-refractivity contribution in [3.8, 4) is 5.75 Å². The van der Waals surface area contributed by atoms with Gasteiger partial charge in [-0.3, -0.25) is 5.32 Å². The van der Waals surface area contributed by atoms with Crippen LogP contribution in [-0.2, 0) is 0 Å². The summed E-state index contributed by atoms with van der Waals surface area (Å²) in [6.07, 6.45) is -0.0133. The normalized spacial score (nSPS) is 14.4. The lowest BCUT2D eigenvalue weighted by atomic mass is 10.0. The van der Waals surface area contributed by atoms with Crippen molar-refractivity contribution in [1.29, 1.82) is 0 Å². The minimum absolute atomic E-state index is 0.0232. The monoisotopic (exact) mass is 420 g/mol. The van der Waals surface area contributed by atoms with Crippen LogP contribution < -0.4 is 10.1 Å². The van der Waals surface area contributed by atoms with Gasteiger partial charge in [-0.05, 0) is 49.1 Å². The summed E-state index contributed by atoms with van der Waals surface area (Å²) in [4.78, 5) is 14.0. The van der Waals surface area contributed by atoms with Gasteiger partial charge in [-0.25, -0.2) is 4.79 Å². The molecule has 1 aliphatic rings. The first kappa shape index (κ1) is 21.6. The van der Waals surface area contributed by atoms with E-state index >= 15 is 0 Å². The van der Waals surface area contributed by atoms with Crippen molar-refractivity contribution >= 4 is 17.9 Å². The SMILES string of the molecule is O=C(Nc1cccnn1)N1CCC(=Cc2cccc(OCCCC(F)(F)F)c2)CC1. The zero-order valence-electron chi connectivity index (χ0n) is 16.4. The molecule has 0 radical (unpaired) electrons. The fraction of sp³-hybridized carbons (Fsp3) is 0.381. The Kier molecular flexibility index (Phi) is 7.26. The molecule has 1 aromatic heterocycles. The average molecular weight is 420 g/mol. The molecule has 1 fully saturated rings. The Bertz CT molecular complexity index is 862. The molecule has 6 nitrogen and oxygen atoms in total. The van der Waals surface area contributed by atoms with Crippen molar-refractivity contribution in [2.75, 3.05) is 25.0 Å². The number of carbonyl (C=O) groups is 1. The lowest BCUT2D eigenvalue weighted by molar-refractivity contribution is -0.136. The number of anilines is 1. The zero-order valence-corrected chi connectivity index (χ0v) is 16.4. The van der Waals surface area contributed by atoms with Crippen LogP contribution in [0.4, 0.5) is 23.8 Å². The van der Waals surface area contributed by atoms with Gasteiger partial charge < -0.3 is 9.64 Å². The Labute approximate surface area is 172 Å². The quantitative estimate of drug-likeness (QED) is 0.675. The van der Waals surface area contributed by atoms with Crippen LogP contribution in [0.1, 0.15) is 31.2 Å². The molecule has 0 aliphatic carbocycles. The smallest absolute Gasteiger partial charge is 0.389 e. The van der Waals surface area contributed by atoms with E-state index in [9.17, 15) is 18.0 Å². The zero-order chi connectivity index (χ0) is 21.4. The summed E-state index contributed by atoms with van der Waals surface area (Å²) in [5.41, 5.74) is 2.13. The first-order valence-electron chi connectivity index (χ1n) is 9.72. The van der Waals surface area contributed by atoms with Gasteiger partial charge in [0.15, 0.2) is 5.82 Å². The van der Waals surface area contributed by atoms with Crippen molar-refractivity contribution in [1.82, 2.24) is 15.1 Å². The van der Waals surface area contributed by atoms with E-state index in [1.165, 1.54) is 11.8 Å². The Morgan fingerprint density at radius 1 is 1.20 bits per heavy atom. The van der Waals surface area contributed by atoms with Gasteiger partial charge in [0.2, 0.25) is 0 Å². The molecule has 1 aromatic carbocycles. The van der Waals surface area contributed by atoms with Gasteiger partial charge in [0.05, 0.1) is 6.61 Å². The van der Waals surface area contributed by atoms with E-state index in [1.807, 2.05) is 24.3 Å². The topological polar surface area (TPSA) is 67.4 Å². The van der Waals surface area contributed by atoms with Crippen LogP contribution in [0.15, 0.2) is 48.2 Å². The second-order valence-electron chi connectivity index (χ2n) is 6.97. The van der Waals surface area contributed by atoms with E-state index in [2.05, 4.69) is 15.5 Å². The van der Waals surface area contributed by atoms with E-state index in [-0.39, 0.29) is 19.1 Å². The number of amides is 2. The van der Waals surface area contributed by atoms with Gasteiger partial charge in [0.25, 0.3) is 0 Å². The molecule has 9 heteroatoms. The Morgan fingerprint density at radius 3 is 2.70 bits per heavy atom. The minimum atomic E-state index is -4.16. The maximum absolute atomic E-state index is 12.3. The fourth-order valence-corrected chi connectivity index (χ4v) is 3.09. The third-order valence-corrected chi connectivity index (χ3v) is 4.60. The third-order valence-electron chi connectivity index (χ3n) is 4.60. The van der Waals surface area contributed by atoms with E-state index in [0.29, 0.717) is 24.7 Å². The summed E-state index contributed by atoms with van der Waals surface area (Å²) in [6.45, 7) is 1.20. The predicted molar refractivity (Wildman–Crippen MR) is 107 cm³/mol. The Morgan fingerprint density at radius 2 is 2.00 bits per heavy atom. The van der Waals surface area contributed by atoms with Crippen LogP contribution in [0.3, 0.4) is 0 Å². The van der Waals surface area contributed by atoms with E-state index < -0.39 is 12.6 Å². The first-order valence-corrected chi connectivity index (χ1v) is 9.72. The molecular formula is C21H23F3N4O2. The molecule has 0 spiro atoms. The van der Waals surface area contributed by atoms with Gasteiger partial charge in [0.1, 0.15) is 5.75 Å². The molecule has 1 aliphatic heterocycles. The van der Waals surface area contributed by atoms with Crippen molar-refractivity contribution in [3.63, 3.8) is 0 Å². The number of nitrogens with zero attached hydrogens (tertiary/aromatic N) is 3. The minimum Gasteiger partial charge on any atom is -0.494 e. The van der Waals surface area contributed by atoms with E-state index in [0.717, 1.165) is 18.4 Å². The maximum Gasteiger partial charge on any atom is 0.389 e. The molecule has 1 N–H and O–H groups in total. The van der Waals surface area contributed by atoms with Crippen molar-refractivity contribution < 1.29 is 22.7 Å². The highest BCUT2D eigenvalue weighted by atomic mass is 19.4. The van der Waals surface area contributed by atoms with Crippen LogP contribution in [-0.4, -0.2) is 47.0 Å². The van der Waals surface area contributed by atoms with Gasteiger partial charge in [0, 0.05) is 25.7 Å². The van der Waals surface area contributed by atoms with Crippen molar-refractivity contribution in [3.05, 3.63) is 53.7 Å². The molecule has 2 amide bonds. The number of benzene rings is 1. The number of hydrogen-bond donors (Lipinski definition) is 1. The lowest BCUT2D eigenvalue weighted by Gasteiger charge is -2.28. The predicted octanol–water partition coefficient (Wildman–Crippen LogP) is 4.91. The fourth-order valence-electron chi connectivity index (χ4n) is 3.09. The number of aromatic nitrogens is 2. The van der Waals surface area contributed by atoms with Crippen LogP contribution >= 0.6 is 0 Å². The number of likely N-dealkylation sites (tertiary alicyclic amines) is 1. The van der Waals surface area contributed by atoms with E-state index in [4.69, 9.17) is 4.74 Å². The summed E-state index contributed by atoms with van der Waals surface area (Å²) in [5, 5.41) is 10.3. The van der Waals surface area contributed by atoms with Crippen molar-refractivity contribution in [2.24, 2.45) is 0 Å². The molecule has 160 valence electrons. The van der Waals surface area contributed by atoms with Crippen LogP contribution in [0.25, 0.3) is 6.08 Å². The maximum atomic E-state index is 12.3. The molecule has 2 heterocycles. The highest BCUT2D eigenvalue weighted by Crippen LogP contribution is 2.24. The van der Waals surface area contributed by atoms with Gasteiger partial charge in [-0.2, -0.15) is 18.3 Å². The number of piperidine rings is 1. The average Bonchev–Trinajstić information content (AvgIpc) is 2.72. The highest BCUT2D eigenvalue weighted by Gasteiger charge is 2.26. The number of nitrogens with one attached hydrogen (secondary N) is 1. The van der Waals surface area contributed by atoms with Crippen molar-refractivity contribution in [2.45, 2.75) is 31.9 Å². The molecule has 2 aromatic rings. The molecule has 0 unspecified atom stereocenters. The molecule has 0 atom stereocenters. The molecule has 0 bridgehead atoms. The van der Waals surface area contributed by atoms with Gasteiger partial charge in [-0.1, -0.05) is 23.8 Å². The van der Waals surface area contributed by atoms with Crippen LogP contribution in [0, 0.1) is 0 Å². The third kappa shape index (κ3) is 7.06. The Balaban J connectivity index is 1.48. The molecular weight excluding hydrogens is 397 g/mol. The number of rotatable bonds is 6. The molecule has 1 saturated heterocycles. The lowest BCUT2D eigenvalue weighted by Crippen LogP contribution is -2.39. The summed E-state index contributed by atoms with van der Waals surface area (Å²) in [6, 6.07) is 10.5. The number of carbonyl (C=O) groups excluding carboxylic acids is 1. The number of alkyl halides is 3. The Hall–Kier alpha value is -3.10. The number of halogens is 3. The summed E-state index contributed by atoms with van der Waals surface area (Å²) >= 11 is 0. The molecule has 3 rings (SSSR count). The number of urea groups is 1. The highest BCUT2D eigenvalue weighted by molar-refractivity contribution is 5.88. The standard InChI is InChI=1S/C21H23F3N4O2/c22-21(23,24)9-3-13-30-18-5-1-4-17(15-18)14-16-7-11-28(12-8-16)20(29)26-19-6-2-10-25-27-19/h1-2,4-6,10,14-15H,3,7-9,11-13H2,(H,26,27,29). The van der Waals surface area contributed by atoms with Gasteiger partial charge in [-0.15, -0.1) is 5.10 Å². The summed E-state index contributed by atoms with van der Waals surface area (Å²) in [5.74, 6) is 0.961. The first-order chi connectivity index (χ1) is 14.4. The van der Waals surface area contributed by atoms with Gasteiger partial charge >= 0.3 is 12.2 Å². The van der Waals surface area contributed by atoms with Crippen LogP contribution in [0.5, 0.6) is 5.75 Å². The second kappa shape index (κ2) is 10.1. The summed E-state index contributed by atoms with van der Waals surface area (Å²) < 4.78 is 42.0.